The van der Waals surface area contributed by atoms with E-state index in [1.54, 1.807) is 0 Å². The summed E-state index contributed by atoms with van der Waals surface area (Å²) in [4.78, 5) is 20.6. The molecule has 0 amide bonds. The second kappa shape index (κ2) is 11.4. The smallest absolute Gasteiger partial charge is 0.414 e. The third-order valence-electron chi connectivity index (χ3n) is 4.18. The van der Waals surface area contributed by atoms with Gasteiger partial charge in [0.2, 0.25) is 0 Å². The quantitative estimate of drug-likeness (QED) is 0.652. The number of hydrogen-bond acceptors (Lipinski definition) is 5. The number of rotatable bonds is 5. The number of ether oxygens (including phenoxy) is 1. The van der Waals surface area contributed by atoms with Gasteiger partial charge < -0.3 is 25.0 Å². The number of carboxylic acids is 2. The van der Waals surface area contributed by atoms with Crippen LogP contribution in [0.25, 0.3) is 0 Å². The highest BCUT2D eigenvalue weighted by atomic mass is 16.5. The molecule has 0 aromatic rings. The third-order valence-corrected chi connectivity index (χ3v) is 4.18. The monoisotopic (exact) mass is 331 g/mol. The molecule has 2 fully saturated rings. The standard InChI is InChI=1S/C14H27NO2.C2H2O4/c16-13(11-15-9-5-2-6-10-15)12-17-14-7-3-1-4-8-14;3-1(4)2(5)6/h13-14,16H,1-12H2;(H,3,4)(H,5,6). The highest BCUT2D eigenvalue weighted by Gasteiger charge is 2.18. The van der Waals surface area contributed by atoms with E-state index < -0.39 is 11.9 Å². The van der Waals surface area contributed by atoms with E-state index in [1.807, 2.05) is 0 Å². The fourth-order valence-electron chi connectivity index (χ4n) is 2.97. The number of aliphatic hydroxyl groups excluding tert-OH is 1. The first-order chi connectivity index (χ1) is 11.0. The largest absolute Gasteiger partial charge is 0.473 e. The Balaban J connectivity index is 0.000000379. The zero-order chi connectivity index (χ0) is 17.1. The Morgan fingerprint density at radius 1 is 0.957 bits per heavy atom. The van der Waals surface area contributed by atoms with Gasteiger partial charge in [0.25, 0.3) is 0 Å². The molecule has 2 aliphatic rings. The minimum atomic E-state index is -1.82. The van der Waals surface area contributed by atoms with Crippen LogP contribution < -0.4 is 0 Å². The van der Waals surface area contributed by atoms with Crippen LogP contribution in [0.5, 0.6) is 0 Å². The van der Waals surface area contributed by atoms with Crippen molar-refractivity contribution < 1.29 is 29.6 Å². The van der Waals surface area contributed by atoms with Crippen LogP contribution in [0.4, 0.5) is 0 Å². The predicted octanol–water partition coefficient (Wildman–Crippen LogP) is 1.34. The lowest BCUT2D eigenvalue weighted by Crippen LogP contribution is -2.38. The Kier molecular flexibility index (Phi) is 9.82. The van der Waals surface area contributed by atoms with E-state index in [-0.39, 0.29) is 6.10 Å². The van der Waals surface area contributed by atoms with Gasteiger partial charge in [0.05, 0.1) is 18.8 Å². The highest BCUT2D eigenvalue weighted by Crippen LogP contribution is 2.20. The van der Waals surface area contributed by atoms with E-state index in [4.69, 9.17) is 24.5 Å². The fraction of sp³-hybridized carbons (Fsp3) is 0.875. The molecule has 1 saturated heterocycles. The fourth-order valence-corrected chi connectivity index (χ4v) is 2.97. The van der Waals surface area contributed by atoms with Crippen molar-refractivity contribution in [3.05, 3.63) is 0 Å². The molecule has 1 aliphatic heterocycles. The molecule has 2 rings (SSSR count). The first-order valence-electron chi connectivity index (χ1n) is 8.47. The number of piperidine rings is 1. The van der Waals surface area contributed by atoms with Crippen molar-refractivity contribution in [1.82, 2.24) is 4.90 Å². The lowest BCUT2D eigenvalue weighted by Gasteiger charge is -2.29. The molecular weight excluding hydrogens is 302 g/mol. The number of likely N-dealkylation sites (tertiary alicyclic amines) is 1. The Morgan fingerprint density at radius 2 is 1.48 bits per heavy atom. The molecule has 1 aliphatic carbocycles. The summed E-state index contributed by atoms with van der Waals surface area (Å²) >= 11 is 0. The number of aliphatic carboxylic acids is 2. The number of aliphatic hydroxyl groups is 1. The van der Waals surface area contributed by atoms with E-state index in [9.17, 15) is 5.11 Å². The number of hydrogen-bond donors (Lipinski definition) is 3. The zero-order valence-corrected chi connectivity index (χ0v) is 13.7. The molecule has 134 valence electrons. The van der Waals surface area contributed by atoms with Crippen molar-refractivity contribution >= 4 is 11.9 Å². The van der Waals surface area contributed by atoms with Crippen LogP contribution in [0.1, 0.15) is 51.4 Å². The van der Waals surface area contributed by atoms with Gasteiger partial charge in [-0.15, -0.1) is 0 Å². The second-order valence-electron chi connectivity index (χ2n) is 6.22. The summed E-state index contributed by atoms with van der Waals surface area (Å²) in [5.41, 5.74) is 0. The molecule has 0 radical (unpaired) electrons. The molecule has 0 aromatic carbocycles. The van der Waals surface area contributed by atoms with Gasteiger partial charge in [-0.3, -0.25) is 0 Å². The average molecular weight is 331 g/mol. The number of carbonyl (C=O) groups is 2. The van der Waals surface area contributed by atoms with Gasteiger partial charge >= 0.3 is 11.9 Å². The first kappa shape index (κ1) is 19.9. The highest BCUT2D eigenvalue weighted by molar-refractivity contribution is 6.27. The average Bonchev–Trinajstić information content (AvgIpc) is 2.55. The Bertz CT molecular complexity index is 338. The predicted molar refractivity (Wildman–Crippen MR) is 84.4 cm³/mol. The van der Waals surface area contributed by atoms with E-state index >= 15 is 0 Å². The van der Waals surface area contributed by atoms with Gasteiger partial charge in [0.15, 0.2) is 0 Å². The minimum Gasteiger partial charge on any atom is -0.473 e. The summed E-state index contributed by atoms with van der Waals surface area (Å²) in [6, 6.07) is 0. The zero-order valence-electron chi connectivity index (χ0n) is 13.7. The second-order valence-corrected chi connectivity index (χ2v) is 6.22. The van der Waals surface area contributed by atoms with Crippen molar-refractivity contribution in [2.75, 3.05) is 26.2 Å². The molecule has 3 N–H and O–H groups in total. The normalized spacial score (nSPS) is 21.1. The molecule has 0 bridgehead atoms. The van der Waals surface area contributed by atoms with Crippen LogP contribution in [0.3, 0.4) is 0 Å². The molecule has 0 aromatic heterocycles. The number of nitrogens with zero attached hydrogens (tertiary/aromatic N) is 1. The maximum atomic E-state index is 9.97. The van der Waals surface area contributed by atoms with Crippen molar-refractivity contribution in [3.63, 3.8) is 0 Å². The third kappa shape index (κ3) is 9.53. The van der Waals surface area contributed by atoms with Gasteiger partial charge in [0, 0.05) is 6.54 Å². The SMILES string of the molecule is O=C(O)C(=O)O.OC(COC1CCCCC1)CN1CCCCC1. The summed E-state index contributed by atoms with van der Waals surface area (Å²) in [5.74, 6) is -3.65. The summed E-state index contributed by atoms with van der Waals surface area (Å²) in [7, 11) is 0. The van der Waals surface area contributed by atoms with E-state index in [0.717, 1.165) is 19.6 Å². The summed E-state index contributed by atoms with van der Waals surface area (Å²) in [5, 5.41) is 24.7. The van der Waals surface area contributed by atoms with Crippen LogP contribution in [0.15, 0.2) is 0 Å². The lowest BCUT2D eigenvalue weighted by atomic mass is 9.98. The Hall–Kier alpha value is -1.18. The summed E-state index contributed by atoms with van der Waals surface area (Å²) in [6.45, 7) is 3.63. The maximum absolute atomic E-state index is 9.97. The van der Waals surface area contributed by atoms with Crippen molar-refractivity contribution in [2.45, 2.75) is 63.6 Å². The van der Waals surface area contributed by atoms with Crippen molar-refractivity contribution in [3.8, 4) is 0 Å². The molecule has 1 heterocycles. The molecule has 1 atom stereocenters. The lowest BCUT2D eigenvalue weighted by molar-refractivity contribution is -0.159. The van der Waals surface area contributed by atoms with Crippen LogP contribution in [0, 0.1) is 0 Å². The van der Waals surface area contributed by atoms with Crippen molar-refractivity contribution in [1.29, 1.82) is 0 Å². The summed E-state index contributed by atoms with van der Waals surface area (Å²) < 4.78 is 5.81. The van der Waals surface area contributed by atoms with Gasteiger partial charge in [-0.25, -0.2) is 9.59 Å². The van der Waals surface area contributed by atoms with Crippen LogP contribution >= 0.6 is 0 Å². The van der Waals surface area contributed by atoms with Gasteiger partial charge in [-0.05, 0) is 38.8 Å². The Morgan fingerprint density at radius 3 is 2.00 bits per heavy atom. The molecule has 1 unspecified atom stereocenters. The molecular formula is C16H29NO6. The molecule has 23 heavy (non-hydrogen) atoms. The van der Waals surface area contributed by atoms with E-state index in [1.165, 1.54) is 51.4 Å². The van der Waals surface area contributed by atoms with Crippen molar-refractivity contribution in [2.24, 2.45) is 0 Å². The molecule has 7 heteroatoms. The van der Waals surface area contributed by atoms with Gasteiger partial charge in [-0.1, -0.05) is 25.7 Å². The molecule has 1 saturated carbocycles. The molecule has 7 nitrogen and oxygen atoms in total. The van der Waals surface area contributed by atoms with Gasteiger partial charge in [-0.2, -0.15) is 0 Å². The summed E-state index contributed by atoms with van der Waals surface area (Å²) in [6.07, 6.45) is 10.4. The topological polar surface area (TPSA) is 107 Å². The minimum absolute atomic E-state index is 0.296. The first-order valence-corrected chi connectivity index (χ1v) is 8.47. The van der Waals surface area contributed by atoms with Crippen LogP contribution in [0.2, 0.25) is 0 Å². The van der Waals surface area contributed by atoms with Gasteiger partial charge in [0.1, 0.15) is 0 Å². The van der Waals surface area contributed by atoms with E-state index in [0.29, 0.717) is 12.7 Å². The number of β-amino-alcohol motifs (C(OH)–C–C–N with tert-alkyl or cyclic N) is 1. The molecule has 0 spiro atoms. The number of carboxylic acid groups (broad SMARTS) is 2. The Labute approximate surface area is 137 Å². The van der Waals surface area contributed by atoms with E-state index in [2.05, 4.69) is 4.90 Å². The maximum Gasteiger partial charge on any atom is 0.414 e. The van der Waals surface area contributed by atoms with Crippen LogP contribution in [-0.4, -0.2) is 70.6 Å². The van der Waals surface area contributed by atoms with Crippen LogP contribution in [-0.2, 0) is 14.3 Å².